The first-order valence-corrected chi connectivity index (χ1v) is 8.57. The fraction of sp³-hybridized carbons (Fsp3) is 0.300. The van der Waals surface area contributed by atoms with E-state index in [1.54, 1.807) is 30.3 Å². The summed E-state index contributed by atoms with van der Waals surface area (Å²) in [4.78, 5) is 27.0. The second-order valence-corrected chi connectivity index (χ2v) is 6.80. The van der Waals surface area contributed by atoms with Crippen molar-refractivity contribution in [3.63, 3.8) is 0 Å². The number of rotatable bonds is 4. The van der Waals surface area contributed by atoms with E-state index >= 15 is 0 Å². The molecule has 0 heterocycles. The number of amides is 2. The molecule has 6 heteroatoms. The number of halogens is 1. The van der Waals surface area contributed by atoms with Crippen molar-refractivity contribution in [2.45, 2.75) is 24.7 Å². The molecule has 2 amide bonds. The molecule has 2 aromatic rings. The molecule has 5 nitrogen and oxygen atoms in total. The molecule has 1 aliphatic carbocycles. The molecule has 0 bridgehead atoms. The Morgan fingerprint density at radius 1 is 1.04 bits per heavy atom. The van der Waals surface area contributed by atoms with Crippen molar-refractivity contribution in [3.8, 4) is 0 Å². The van der Waals surface area contributed by atoms with Crippen LogP contribution in [0, 0.1) is 5.82 Å². The normalized spacial score (nSPS) is 14.9. The molecule has 0 saturated heterocycles. The van der Waals surface area contributed by atoms with Gasteiger partial charge in [-0.2, -0.15) is 0 Å². The molecule has 2 N–H and O–H groups in total. The third kappa shape index (κ3) is 3.40. The molecule has 136 valence electrons. The first-order valence-electron chi connectivity index (χ1n) is 8.57. The average Bonchev–Trinajstić information content (AvgIpc) is 2.60. The molecular weight excluding hydrogens is 333 g/mol. The summed E-state index contributed by atoms with van der Waals surface area (Å²) in [6.45, 7) is 0. The number of hydrogen-bond acceptors (Lipinski definition) is 3. The maximum absolute atomic E-state index is 13.2. The highest BCUT2D eigenvalue weighted by Crippen LogP contribution is 2.43. The summed E-state index contributed by atoms with van der Waals surface area (Å²) in [6, 6.07) is 13.1. The Hall–Kier alpha value is -2.89. The second kappa shape index (κ2) is 7.15. The summed E-state index contributed by atoms with van der Waals surface area (Å²) in [6.07, 6.45) is 2.27. The van der Waals surface area contributed by atoms with Gasteiger partial charge in [-0.1, -0.05) is 24.6 Å². The van der Waals surface area contributed by atoms with E-state index in [0.29, 0.717) is 18.4 Å². The van der Waals surface area contributed by atoms with Crippen LogP contribution in [0.5, 0.6) is 0 Å². The Morgan fingerprint density at radius 3 is 2.31 bits per heavy atom. The van der Waals surface area contributed by atoms with Gasteiger partial charge >= 0.3 is 0 Å². The summed E-state index contributed by atoms with van der Waals surface area (Å²) in [7, 11) is 3.78. The smallest absolute Gasteiger partial charge is 0.269 e. The Balaban J connectivity index is 1.68. The van der Waals surface area contributed by atoms with Crippen LogP contribution in [0.15, 0.2) is 48.5 Å². The van der Waals surface area contributed by atoms with E-state index in [1.165, 1.54) is 12.1 Å². The highest BCUT2D eigenvalue weighted by Gasteiger charge is 2.45. The summed E-state index contributed by atoms with van der Waals surface area (Å²) in [5, 5.41) is 0. The van der Waals surface area contributed by atoms with E-state index in [1.807, 2.05) is 25.1 Å². The predicted octanol–water partition coefficient (Wildman–Crippen LogP) is 2.77. The molecule has 0 atom stereocenters. The molecule has 1 aliphatic rings. The highest BCUT2D eigenvalue weighted by atomic mass is 19.1. The quantitative estimate of drug-likeness (QED) is 0.829. The van der Waals surface area contributed by atoms with Gasteiger partial charge in [-0.05, 0) is 48.7 Å². The molecule has 1 fully saturated rings. The lowest BCUT2D eigenvalue weighted by molar-refractivity contribution is -0.130. The van der Waals surface area contributed by atoms with Gasteiger partial charge in [0.05, 0.1) is 5.41 Å². The number of nitrogens with zero attached hydrogens (tertiary/aromatic N) is 1. The SMILES string of the molecule is CN(C)c1cccc(C(=O)NNC(=O)C2(c3ccc(F)cc3)CCC2)c1. The van der Waals surface area contributed by atoms with Gasteiger partial charge in [0.15, 0.2) is 0 Å². The Morgan fingerprint density at radius 2 is 1.73 bits per heavy atom. The molecule has 0 aromatic heterocycles. The molecule has 2 aromatic carbocycles. The molecule has 0 unspecified atom stereocenters. The highest BCUT2D eigenvalue weighted by molar-refractivity contribution is 5.97. The van der Waals surface area contributed by atoms with Crippen LogP contribution in [0.4, 0.5) is 10.1 Å². The van der Waals surface area contributed by atoms with Crippen LogP contribution in [0.25, 0.3) is 0 Å². The molecule has 1 saturated carbocycles. The number of benzene rings is 2. The minimum atomic E-state index is -0.702. The molecule has 0 radical (unpaired) electrons. The van der Waals surface area contributed by atoms with Crippen LogP contribution in [0.2, 0.25) is 0 Å². The van der Waals surface area contributed by atoms with Crippen molar-refractivity contribution in [2.75, 3.05) is 19.0 Å². The maximum Gasteiger partial charge on any atom is 0.269 e. The van der Waals surface area contributed by atoms with Gasteiger partial charge in [0.1, 0.15) is 5.82 Å². The lowest BCUT2D eigenvalue weighted by Gasteiger charge is -2.40. The molecule has 3 rings (SSSR count). The Labute approximate surface area is 152 Å². The van der Waals surface area contributed by atoms with Crippen molar-refractivity contribution < 1.29 is 14.0 Å². The number of hydrogen-bond donors (Lipinski definition) is 2. The Kier molecular flexibility index (Phi) is 4.93. The van der Waals surface area contributed by atoms with Crippen molar-refractivity contribution in [1.29, 1.82) is 0 Å². The number of hydrazine groups is 1. The van der Waals surface area contributed by atoms with Crippen LogP contribution in [0.1, 0.15) is 35.2 Å². The number of carbonyl (C=O) groups is 2. The van der Waals surface area contributed by atoms with E-state index in [2.05, 4.69) is 10.9 Å². The minimum Gasteiger partial charge on any atom is -0.378 e. The fourth-order valence-corrected chi connectivity index (χ4v) is 3.18. The van der Waals surface area contributed by atoms with Crippen LogP contribution in [-0.4, -0.2) is 25.9 Å². The van der Waals surface area contributed by atoms with E-state index in [0.717, 1.165) is 17.7 Å². The lowest BCUT2D eigenvalue weighted by Crippen LogP contribution is -2.54. The zero-order valence-electron chi connectivity index (χ0n) is 14.9. The van der Waals surface area contributed by atoms with Crippen LogP contribution in [-0.2, 0) is 10.2 Å². The van der Waals surface area contributed by atoms with Gasteiger partial charge in [0.25, 0.3) is 5.91 Å². The average molecular weight is 355 g/mol. The van der Waals surface area contributed by atoms with Crippen molar-refractivity contribution in [1.82, 2.24) is 10.9 Å². The van der Waals surface area contributed by atoms with Crippen LogP contribution < -0.4 is 15.8 Å². The second-order valence-electron chi connectivity index (χ2n) is 6.80. The van der Waals surface area contributed by atoms with E-state index in [-0.39, 0.29) is 17.6 Å². The lowest BCUT2D eigenvalue weighted by atomic mass is 9.64. The topological polar surface area (TPSA) is 61.4 Å². The fourth-order valence-electron chi connectivity index (χ4n) is 3.18. The molecule has 26 heavy (non-hydrogen) atoms. The van der Waals surface area contributed by atoms with Gasteiger partial charge < -0.3 is 4.90 Å². The summed E-state index contributed by atoms with van der Waals surface area (Å²) < 4.78 is 13.2. The van der Waals surface area contributed by atoms with Crippen LogP contribution >= 0.6 is 0 Å². The van der Waals surface area contributed by atoms with Gasteiger partial charge in [0.2, 0.25) is 5.91 Å². The first kappa shape index (κ1) is 17.9. The van der Waals surface area contributed by atoms with Gasteiger partial charge in [-0.25, -0.2) is 4.39 Å². The van der Waals surface area contributed by atoms with Crippen molar-refractivity contribution in [3.05, 3.63) is 65.5 Å². The number of nitrogens with one attached hydrogen (secondary N) is 2. The predicted molar refractivity (Wildman–Crippen MR) is 98.3 cm³/mol. The molecular formula is C20H22FN3O2. The van der Waals surface area contributed by atoms with Crippen molar-refractivity contribution in [2.24, 2.45) is 0 Å². The molecule has 0 spiro atoms. The van der Waals surface area contributed by atoms with E-state index in [9.17, 15) is 14.0 Å². The Bertz CT molecular complexity index is 814. The summed E-state index contributed by atoms with van der Waals surface area (Å²) in [5.74, 6) is -0.985. The van der Waals surface area contributed by atoms with Crippen molar-refractivity contribution >= 4 is 17.5 Å². The zero-order valence-corrected chi connectivity index (χ0v) is 14.9. The van der Waals surface area contributed by atoms with Gasteiger partial charge in [-0.3, -0.25) is 20.4 Å². The van der Waals surface area contributed by atoms with Crippen LogP contribution in [0.3, 0.4) is 0 Å². The van der Waals surface area contributed by atoms with Gasteiger partial charge in [-0.15, -0.1) is 0 Å². The molecule has 0 aliphatic heterocycles. The largest absolute Gasteiger partial charge is 0.378 e. The standard InChI is InChI=1S/C20H22FN3O2/c1-24(2)17-6-3-5-14(13-17)18(25)22-23-19(26)20(11-4-12-20)15-7-9-16(21)10-8-15/h3,5-10,13H,4,11-12H2,1-2H3,(H,22,25)(H,23,26). The third-order valence-corrected chi connectivity index (χ3v) is 4.95. The minimum absolute atomic E-state index is 0.271. The summed E-state index contributed by atoms with van der Waals surface area (Å²) >= 11 is 0. The summed E-state index contributed by atoms with van der Waals surface area (Å²) in [5.41, 5.74) is 6.45. The monoisotopic (exact) mass is 355 g/mol. The van der Waals surface area contributed by atoms with E-state index < -0.39 is 5.41 Å². The number of anilines is 1. The zero-order chi connectivity index (χ0) is 18.7. The maximum atomic E-state index is 13.2. The van der Waals surface area contributed by atoms with Gasteiger partial charge in [0, 0.05) is 25.3 Å². The van der Waals surface area contributed by atoms with E-state index in [4.69, 9.17) is 0 Å². The third-order valence-electron chi connectivity index (χ3n) is 4.95. The number of carbonyl (C=O) groups excluding carboxylic acids is 2. The first-order chi connectivity index (χ1) is 12.4.